The Kier molecular flexibility index (Phi) is 2.94. The summed E-state index contributed by atoms with van der Waals surface area (Å²) in [6.07, 6.45) is 0. The van der Waals surface area contributed by atoms with Crippen molar-refractivity contribution in [1.82, 2.24) is 0 Å². The van der Waals surface area contributed by atoms with Crippen LogP contribution in [0.4, 0.5) is 0 Å². The van der Waals surface area contributed by atoms with E-state index >= 15 is 0 Å². The predicted molar refractivity (Wildman–Crippen MR) is 77.0 cm³/mol. The maximum Gasteiger partial charge on any atom is 0.123 e. The molecule has 0 fully saturated rings. The molecule has 0 bridgehead atoms. The minimum atomic E-state index is 0.0522. The molecule has 0 amide bonds. The molecule has 94 valence electrons. The molecule has 2 nitrogen and oxygen atoms in total. The molecular weight excluding hydrogens is 236 g/mol. The SMILES string of the molecule is OCc1ccc(-c2cccc3c(O)cccc23)cc1. The fourth-order valence-electron chi connectivity index (χ4n) is 2.33. The average Bonchev–Trinajstić information content (AvgIpc) is 2.47. The van der Waals surface area contributed by atoms with E-state index in [2.05, 4.69) is 0 Å². The average molecular weight is 250 g/mol. The van der Waals surface area contributed by atoms with Gasteiger partial charge in [0.1, 0.15) is 5.75 Å². The van der Waals surface area contributed by atoms with E-state index in [9.17, 15) is 5.11 Å². The van der Waals surface area contributed by atoms with Crippen LogP contribution in [0.1, 0.15) is 5.56 Å². The second kappa shape index (κ2) is 4.75. The minimum absolute atomic E-state index is 0.0522. The summed E-state index contributed by atoms with van der Waals surface area (Å²) in [7, 11) is 0. The normalized spacial score (nSPS) is 10.8. The van der Waals surface area contributed by atoms with Crippen molar-refractivity contribution in [3.8, 4) is 16.9 Å². The fourth-order valence-corrected chi connectivity index (χ4v) is 2.33. The molecule has 0 saturated heterocycles. The minimum Gasteiger partial charge on any atom is -0.507 e. The summed E-state index contributed by atoms with van der Waals surface area (Å²) < 4.78 is 0. The summed E-state index contributed by atoms with van der Waals surface area (Å²) >= 11 is 0. The van der Waals surface area contributed by atoms with Crippen molar-refractivity contribution >= 4 is 10.8 Å². The zero-order valence-corrected chi connectivity index (χ0v) is 10.4. The van der Waals surface area contributed by atoms with Gasteiger partial charge < -0.3 is 10.2 Å². The number of phenolic OH excluding ortho intramolecular Hbond substituents is 1. The van der Waals surface area contributed by atoms with Crippen molar-refractivity contribution < 1.29 is 10.2 Å². The molecular formula is C17H14O2. The topological polar surface area (TPSA) is 40.5 Å². The summed E-state index contributed by atoms with van der Waals surface area (Å²) in [4.78, 5) is 0. The molecule has 0 aliphatic rings. The van der Waals surface area contributed by atoms with Gasteiger partial charge in [0, 0.05) is 5.39 Å². The second-order valence-electron chi connectivity index (χ2n) is 4.53. The van der Waals surface area contributed by atoms with Crippen LogP contribution in [0.25, 0.3) is 21.9 Å². The van der Waals surface area contributed by atoms with Crippen LogP contribution in [0.2, 0.25) is 0 Å². The van der Waals surface area contributed by atoms with Crippen LogP contribution < -0.4 is 0 Å². The summed E-state index contributed by atoms with van der Waals surface area (Å²) in [6.45, 7) is 0.0522. The molecule has 0 aliphatic carbocycles. The standard InChI is InChI=1S/C17H14O2/c18-11-12-7-9-13(10-8-12)14-3-1-5-16-15(14)4-2-6-17(16)19/h1-10,18-19H,11H2. The lowest BCUT2D eigenvalue weighted by Gasteiger charge is -2.08. The Labute approximate surface area is 111 Å². The van der Waals surface area contributed by atoms with E-state index in [4.69, 9.17) is 5.11 Å². The molecule has 0 aromatic heterocycles. The third-order valence-electron chi connectivity index (χ3n) is 3.35. The number of aliphatic hydroxyl groups is 1. The summed E-state index contributed by atoms with van der Waals surface area (Å²) in [5, 5.41) is 20.8. The number of fused-ring (bicyclic) bond motifs is 1. The first kappa shape index (κ1) is 11.8. The number of phenols is 1. The lowest BCUT2D eigenvalue weighted by molar-refractivity contribution is 0.282. The monoisotopic (exact) mass is 250 g/mol. The van der Waals surface area contributed by atoms with Crippen molar-refractivity contribution in [2.75, 3.05) is 0 Å². The zero-order chi connectivity index (χ0) is 13.2. The second-order valence-corrected chi connectivity index (χ2v) is 4.53. The van der Waals surface area contributed by atoms with Gasteiger partial charge in [-0.2, -0.15) is 0 Å². The molecule has 19 heavy (non-hydrogen) atoms. The molecule has 0 spiro atoms. The van der Waals surface area contributed by atoms with Crippen LogP contribution in [-0.2, 0) is 6.61 Å². The van der Waals surface area contributed by atoms with Gasteiger partial charge in [0.15, 0.2) is 0 Å². The van der Waals surface area contributed by atoms with Gasteiger partial charge in [0.2, 0.25) is 0 Å². The first-order valence-corrected chi connectivity index (χ1v) is 6.20. The number of hydrogen-bond acceptors (Lipinski definition) is 2. The van der Waals surface area contributed by atoms with Gasteiger partial charge in [-0.05, 0) is 28.1 Å². The van der Waals surface area contributed by atoms with Crippen molar-refractivity contribution in [3.05, 3.63) is 66.2 Å². The molecule has 2 heteroatoms. The van der Waals surface area contributed by atoms with E-state index in [-0.39, 0.29) is 6.61 Å². The molecule has 3 aromatic carbocycles. The van der Waals surface area contributed by atoms with Crippen molar-refractivity contribution in [1.29, 1.82) is 0 Å². The Morgan fingerprint density at radius 2 is 1.42 bits per heavy atom. The van der Waals surface area contributed by atoms with Crippen LogP contribution in [0, 0.1) is 0 Å². The highest BCUT2D eigenvalue weighted by molar-refractivity contribution is 5.99. The number of hydrogen-bond donors (Lipinski definition) is 2. The molecule has 0 saturated carbocycles. The van der Waals surface area contributed by atoms with E-state index in [1.165, 1.54) is 0 Å². The van der Waals surface area contributed by atoms with Crippen LogP contribution >= 0.6 is 0 Å². The van der Waals surface area contributed by atoms with Crippen molar-refractivity contribution in [2.45, 2.75) is 6.61 Å². The highest BCUT2D eigenvalue weighted by atomic mass is 16.3. The maximum absolute atomic E-state index is 9.89. The summed E-state index contributed by atoms with van der Waals surface area (Å²) in [5.74, 6) is 0.298. The van der Waals surface area contributed by atoms with Gasteiger partial charge in [0.25, 0.3) is 0 Å². The van der Waals surface area contributed by atoms with E-state index < -0.39 is 0 Å². The predicted octanol–water partition coefficient (Wildman–Crippen LogP) is 3.70. The quantitative estimate of drug-likeness (QED) is 0.728. The van der Waals surface area contributed by atoms with Crippen LogP contribution in [0.3, 0.4) is 0 Å². The Hall–Kier alpha value is -2.32. The van der Waals surface area contributed by atoms with Crippen molar-refractivity contribution in [3.63, 3.8) is 0 Å². The highest BCUT2D eigenvalue weighted by Gasteiger charge is 2.05. The smallest absolute Gasteiger partial charge is 0.123 e. The lowest BCUT2D eigenvalue weighted by atomic mass is 9.97. The third-order valence-corrected chi connectivity index (χ3v) is 3.35. The number of benzene rings is 3. The molecule has 0 atom stereocenters. The highest BCUT2D eigenvalue weighted by Crippen LogP contribution is 2.32. The Bertz CT molecular complexity index is 715. The maximum atomic E-state index is 9.89. The molecule has 0 heterocycles. The molecule has 2 N–H and O–H groups in total. The number of aromatic hydroxyl groups is 1. The van der Waals surface area contributed by atoms with Gasteiger partial charge in [-0.25, -0.2) is 0 Å². The molecule has 0 aliphatic heterocycles. The zero-order valence-electron chi connectivity index (χ0n) is 10.4. The van der Waals surface area contributed by atoms with Crippen LogP contribution in [0.15, 0.2) is 60.7 Å². The Morgan fingerprint density at radius 1 is 0.737 bits per heavy atom. The van der Waals surface area contributed by atoms with E-state index in [1.807, 2.05) is 54.6 Å². The summed E-state index contributed by atoms with van der Waals surface area (Å²) in [6, 6.07) is 19.3. The van der Waals surface area contributed by atoms with Crippen molar-refractivity contribution in [2.24, 2.45) is 0 Å². The van der Waals surface area contributed by atoms with Crippen LogP contribution in [-0.4, -0.2) is 10.2 Å². The van der Waals surface area contributed by atoms with E-state index in [1.54, 1.807) is 6.07 Å². The molecule has 0 radical (unpaired) electrons. The Morgan fingerprint density at radius 3 is 2.16 bits per heavy atom. The van der Waals surface area contributed by atoms with Gasteiger partial charge in [0.05, 0.1) is 6.61 Å². The molecule has 0 unspecified atom stereocenters. The third kappa shape index (κ3) is 2.07. The molecule has 3 rings (SSSR count). The molecule has 3 aromatic rings. The van der Waals surface area contributed by atoms with E-state index in [0.717, 1.165) is 27.5 Å². The number of rotatable bonds is 2. The fraction of sp³-hybridized carbons (Fsp3) is 0.0588. The largest absolute Gasteiger partial charge is 0.507 e. The van der Waals surface area contributed by atoms with Gasteiger partial charge in [-0.15, -0.1) is 0 Å². The van der Waals surface area contributed by atoms with E-state index in [0.29, 0.717) is 5.75 Å². The Balaban J connectivity index is 2.21. The lowest BCUT2D eigenvalue weighted by Crippen LogP contribution is -1.85. The van der Waals surface area contributed by atoms with Crippen LogP contribution in [0.5, 0.6) is 5.75 Å². The van der Waals surface area contributed by atoms with Gasteiger partial charge in [-0.3, -0.25) is 0 Å². The number of aliphatic hydroxyl groups excluding tert-OH is 1. The first-order valence-electron chi connectivity index (χ1n) is 6.20. The van der Waals surface area contributed by atoms with Gasteiger partial charge >= 0.3 is 0 Å². The van der Waals surface area contributed by atoms with Gasteiger partial charge in [-0.1, -0.05) is 54.6 Å². The first-order chi connectivity index (χ1) is 9.29. The summed E-state index contributed by atoms with van der Waals surface area (Å²) in [5.41, 5.74) is 3.05.